The fourth-order valence-corrected chi connectivity index (χ4v) is 1.85. The van der Waals surface area contributed by atoms with E-state index < -0.39 is 0 Å². The zero-order chi connectivity index (χ0) is 15.1. The van der Waals surface area contributed by atoms with Crippen LogP contribution in [-0.2, 0) is 6.54 Å². The molecule has 112 valence electrons. The molecule has 0 unspecified atom stereocenters. The van der Waals surface area contributed by atoms with Crippen LogP contribution in [0.2, 0.25) is 0 Å². The summed E-state index contributed by atoms with van der Waals surface area (Å²) in [6, 6.07) is 7.88. The van der Waals surface area contributed by atoms with Crippen LogP contribution in [0.3, 0.4) is 0 Å². The Morgan fingerprint density at radius 3 is 2.62 bits per heavy atom. The molecule has 1 aromatic carbocycles. The van der Waals surface area contributed by atoms with Gasteiger partial charge in [0.05, 0.1) is 6.61 Å². The highest BCUT2D eigenvalue weighted by Gasteiger charge is 2.09. The van der Waals surface area contributed by atoms with Gasteiger partial charge in [-0.2, -0.15) is 4.98 Å². The molecule has 0 saturated carbocycles. The Kier molecular flexibility index (Phi) is 5.51. The molecule has 2 aromatic rings. The number of nitrogens with zero attached hydrogens (tertiary/aromatic N) is 2. The molecule has 5 heteroatoms. The zero-order valence-corrected chi connectivity index (χ0v) is 12.7. The van der Waals surface area contributed by atoms with Crippen LogP contribution in [0.4, 0.5) is 0 Å². The van der Waals surface area contributed by atoms with Crippen LogP contribution in [0.5, 0.6) is 17.5 Å². The average molecular weight is 287 g/mol. The molecule has 5 nitrogen and oxygen atoms in total. The highest BCUT2D eigenvalue weighted by molar-refractivity contribution is 5.41. The number of nitrogens with one attached hydrogen (secondary N) is 1. The van der Waals surface area contributed by atoms with Crippen molar-refractivity contribution in [2.75, 3.05) is 13.7 Å². The Morgan fingerprint density at radius 1 is 1.19 bits per heavy atom. The third-order valence-corrected chi connectivity index (χ3v) is 2.94. The van der Waals surface area contributed by atoms with E-state index in [-0.39, 0.29) is 0 Å². The van der Waals surface area contributed by atoms with Crippen LogP contribution >= 0.6 is 0 Å². The first-order chi connectivity index (χ1) is 10.2. The van der Waals surface area contributed by atoms with Crippen molar-refractivity contribution in [2.45, 2.75) is 26.8 Å². The van der Waals surface area contributed by atoms with Gasteiger partial charge in [-0.05, 0) is 32.5 Å². The molecule has 2 rings (SSSR count). The molecule has 0 saturated heterocycles. The number of aryl methyl sites for hydroxylation is 1. The van der Waals surface area contributed by atoms with Crippen LogP contribution in [-0.4, -0.2) is 23.6 Å². The number of hydrogen-bond acceptors (Lipinski definition) is 5. The molecule has 0 bridgehead atoms. The monoisotopic (exact) mass is 287 g/mol. The average Bonchev–Trinajstić information content (AvgIpc) is 2.49. The molecule has 0 atom stereocenters. The molecule has 0 spiro atoms. The fourth-order valence-electron chi connectivity index (χ4n) is 1.85. The summed E-state index contributed by atoms with van der Waals surface area (Å²) in [4.78, 5) is 8.63. The van der Waals surface area contributed by atoms with Gasteiger partial charge in [-0.3, -0.25) is 0 Å². The molecular weight excluding hydrogens is 266 g/mol. The highest BCUT2D eigenvalue weighted by Crippen LogP contribution is 2.29. The lowest BCUT2D eigenvalue weighted by Crippen LogP contribution is -2.08. The summed E-state index contributed by atoms with van der Waals surface area (Å²) in [6.07, 6.45) is 2.73. The maximum absolute atomic E-state index is 5.75. The minimum absolute atomic E-state index is 0.333. The van der Waals surface area contributed by atoms with E-state index in [2.05, 4.69) is 22.2 Å². The van der Waals surface area contributed by atoms with Crippen LogP contribution in [0, 0.1) is 6.92 Å². The maximum Gasteiger partial charge on any atom is 0.322 e. The Bertz CT molecular complexity index is 587. The van der Waals surface area contributed by atoms with E-state index >= 15 is 0 Å². The second kappa shape index (κ2) is 7.59. The minimum atomic E-state index is 0.333. The molecule has 1 heterocycles. The quantitative estimate of drug-likeness (QED) is 0.848. The summed E-state index contributed by atoms with van der Waals surface area (Å²) in [5, 5.41) is 3.09. The van der Waals surface area contributed by atoms with E-state index in [0.29, 0.717) is 24.1 Å². The number of rotatable bonds is 7. The smallest absolute Gasteiger partial charge is 0.322 e. The lowest BCUT2D eigenvalue weighted by Gasteiger charge is -2.11. The lowest BCUT2D eigenvalue weighted by molar-refractivity contribution is 0.299. The number of aromatic nitrogens is 2. The SMILES string of the molecule is CCCOc1ccccc1Oc1ncc(CNC)c(C)n1. The topological polar surface area (TPSA) is 56.3 Å². The van der Waals surface area contributed by atoms with Crippen molar-refractivity contribution in [1.29, 1.82) is 0 Å². The molecule has 0 aliphatic carbocycles. The Hall–Kier alpha value is -2.14. The molecule has 0 aliphatic heterocycles. The Morgan fingerprint density at radius 2 is 1.95 bits per heavy atom. The predicted molar refractivity (Wildman–Crippen MR) is 81.8 cm³/mol. The summed E-state index contributed by atoms with van der Waals surface area (Å²) >= 11 is 0. The van der Waals surface area contributed by atoms with Crippen molar-refractivity contribution in [1.82, 2.24) is 15.3 Å². The van der Waals surface area contributed by atoms with E-state index in [1.165, 1.54) is 0 Å². The molecular formula is C16H21N3O2. The summed E-state index contributed by atoms with van der Waals surface area (Å²) in [5.74, 6) is 1.34. The van der Waals surface area contributed by atoms with E-state index in [0.717, 1.165) is 24.2 Å². The normalized spacial score (nSPS) is 10.4. The van der Waals surface area contributed by atoms with Crippen molar-refractivity contribution >= 4 is 0 Å². The maximum atomic E-state index is 5.75. The summed E-state index contributed by atoms with van der Waals surface area (Å²) in [7, 11) is 1.89. The number of ether oxygens (including phenoxy) is 2. The van der Waals surface area contributed by atoms with Gasteiger partial charge in [0.15, 0.2) is 11.5 Å². The van der Waals surface area contributed by atoms with Gasteiger partial charge in [0.25, 0.3) is 0 Å². The first-order valence-corrected chi connectivity index (χ1v) is 7.11. The van der Waals surface area contributed by atoms with Gasteiger partial charge in [0.1, 0.15) is 0 Å². The summed E-state index contributed by atoms with van der Waals surface area (Å²) < 4.78 is 11.4. The van der Waals surface area contributed by atoms with Gasteiger partial charge < -0.3 is 14.8 Å². The van der Waals surface area contributed by atoms with Crippen LogP contribution in [0.1, 0.15) is 24.6 Å². The second-order valence-electron chi connectivity index (χ2n) is 4.69. The lowest BCUT2D eigenvalue weighted by atomic mass is 10.2. The molecule has 21 heavy (non-hydrogen) atoms. The molecule has 0 fully saturated rings. The van der Waals surface area contributed by atoms with Crippen LogP contribution in [0.25, 0.3) is 0 Å². The number of para-hydroxylation sites is 2. The Balaban J connectivity index is 2.16. The largest absolute Gasteiger partial charge is 0.490 e. The molecule has 0 aliphatic rings. The van der Waals surface area contributed by atoms with Crippen molar-refractivity contribution < 1.29 is 9.47 Å². The van der Waals surface area contributed by atoms with Crippen molar-refractivity contribution in [3.05, 3.63) is 41.7 Å². The van der Waals surface area contributed by atoms with Gasteiger partial charge in [-0.1, -0.05) is 19.1 Å². The molecule has 0 amide bonds. The van der Waals surface area contributed by atoms with E-state index in [1.54, 1.807) is 6.20 Å². The number of benzene rings is 1. The first-order valence-electron chi connectivity index (χ1n) is 7.11. The standard InChI is InChI=1S/C16H21N3O2/c1-4-9-20-14-7-5-6-8-15(14)21-16-18-11-13(10-17-3)12(2)19-16/h5-8,11,17H,4,9-10H2,1-3H3. The second-order valence-corrected chi connectivity index (χ2v) is 4.69. The fraction of sp³-hybridized carbons (Fsp3) is 0.375. The van der Waals surface area contributed by atoms with Crippen LogP contribution in [0.15, 0.2) is 30.5 Å². The van der Waals surface area contributed by atoms with E-state index in [9.17, 15) is 0 Å². The third kappa shape index (κ3) is 4.16. The van der Waals surface area contributed by atoms with Gasteiger partial charge >= 0.3 is 6.01 Å². The van der Waals surface area contributed by atoms with Crippen molar-refractivity contribution in [3.63, 3.8) is 0 Å². The first kappa shape index (κ1) is 15.3. The minimum Gasteiger partial charge on any atom is -0.490 e. The summed E-state index contributed by atoms with van der Waals surface area (Å²) in [6.45, 7) is 5.40. The van der Waals surface area contributed by atoms with Gasteiger partial charge in [-0.25, -0.2) is 4.98 Å². The van der Waals surface area contributed by atoms with E-state index in [4.69, 9.17) is 9.47 Å². The van der Waals surface area contributed by atoms with E-state index in [1.807, 2.05) is 38.2 Å². The molecule has 1 N–H and O–H groups in total. The third-order valence-electron chi connectivity index (χ3n) is 2.94. The summed E-state index contributed by atoms with van der Waals surface area (Å²) in [5.41, 5.74) is 1.96. The van der Waals surface area contributed by atoms with Gasteiger partial charge in [0, 0.05) is 24.0 Å². The van der Waals surface area contributed by atoms with Crippen LogP contribution < -0.4 is 14.8 Å². The molecule has 1 aromatic heterocycles. The molecule has 0 radical (unpaired) electrons. The number of hydrogen-bond donors (Lipinski definition) is 1. The Labute approximate surface area is 125 Å². The highest BCUT2D eigenvalue weighted by atomic mass is 16.5. The van der Waals surface area contributed by atoms with Crippen molar-refractivity contribution in [2.24, 2.45) is 0 Å². The van der Waals surface area contributed by atoms with Gasteiger partial charge in [-0.15, -0.1) is 0 Å². The predicted octanol–water partition coefficient (Wildman–Crippen LogP) is 3.09. The zero-order valence-electron chi connectivity index (χ0n) is 12.7. The van der Waals surface area contributed by atoms with Crippen molar-refractivity contribution in [3.8, 4) is 17.5 Å². The van der Waals surface area contributed by atoms with Gasteiger partial charge in [0.2, 0.25) is 0 Å².